The minimum atomic E-state index is -0.346. The molecule has 1 saturated heterocycles. The van der Waals surface area contributed by atoms with Crippen LogP contribution in [0.25, 0.3) is 0 Å². The van der Waals surface area contributed by atoms with Crippen molar-refractivity contribution in [3.8, 4) is 0 Å². The first-order chi connectivity index (χ1) is 13.2. The van der Waals surface area contributed by atoms with Crippen LogP contribution in [0.15, 0.2) is 36.8 Å². The van der Waals surface area contributed by atoms with Crippen molar-refractivity contribution >= 4 is 11.9 Å². The molecule has 0 aliphatic carbocycles. The van der Waals surface area contributed by atoms with Gasteiger partial charge in [0.25, 0.3) is 5.91 Å². The number of aromatic nitrogens is 3. The lowest BCUT2D eigenvalue weighted by molar-refractivity contribution is -0.140. The van der Waals surface area contributed by atoms with E-state index in [9.17, 15) is 9.59 Å². The Morgan fingerprint density at radius 2 is 2.15 bits per heavy atom. The van der Waals surface area contributed by atoms with Crippen molar-refractivity contribution in [2.45, 2.75) is 31.8 Å². The highest BCUT2D eigenvalue weighted by Gasteiger charge is 2.22. The number of hydrogen-bond donors (Lipinski definition) is 1. The molecule has 1 N–H and O–H groups in total. The third-order valence-corrected chi connectivity index (χ3v) is 4.70. The lowest BCUT2D eigenvalue weighted by Crippen LogP contribution is -2.34. The molecule has 1 aliphatic heterocycles. The van der Waals surface area contributed by atoms with Gasteiger partial charge in [-0.05, 0) is 43.1 Å². The topological polar surface area (TPSA) is 89.4 Å². The van der Waals surface area contributed by atoms with Gasteiger partial charge >= 0.3 is 5.97 Å². The van der Waals surface area contributed by atoms with E-state index in [0.717, 1.165) is 31.5 Å². The first kappa shape index (κ1) is 19.0. The summed E-state index contributed by atoms with van der Waals surface area (Å²) < 4.78 is 6.57. The van der Waals surface area contributed by atoms with Gasteiger partial charge in [-0.15, -0.1) is 0 Å². The zero-order valence-electron chi connectivity index (χ0n) is 15.5. The molecule has 3 heterocycles. The molecule has 0 spiro atoms. The fourth-order valence-corrected chi connectivity index (χ4v) is 3.17. The molecule has 0 radical (unpaired) electrons. The lowest BCUT2D eigenvalue weighted by Gasteiger charge is -2.23. The molecule has 27 heavy (non-hydrogen) atoms. The van der Waals surface area contributed by atoms with Gasteiger partial charge in [-0.25, -0.2) is 0 Å². The van der Waals surface area contributed by atoms with Gasteiger partial charge in [0.15, 0.2) is 0 Å². The molecule has 1 fully saturated rings. The Balaban J connectivity index is 1.73. The summed E-state index contributed by atoms with van der Waals surface area (Å²) in [4.78, 5) is 30.2. The third kappa shape index (κ3) is 5.13. The fourth-order valence-electron chi connectivity index (χ4n) is 3.17. The van der Waals surface area contributed by atoms with Crippen molar-refractivity contribution in [1.82, 2.24) is 25.0 Å². The quantitative estimate of drug-likeness (QED) is 0.740. The van der Waals surface area contributed by atoms with Crippen LogP contribution in [0, 0.1) is 0 Å². The predicted molar refractivity (Wildman–Crippen MR) is 99.0 cm³/mol. The van der Waals surface area contributed by atoms with E-state index in [-0.39, 0.29) is 30.9 Å². The largest absolute Gasteiger partial charge is 0.469 e. The van der Waals surface area contributed by atoms with E-state index >= 15 is 0 Å². The number of carbonyl (C=O) groups excluding carboxylic acids is 2. The summed E-state index contributed by atoms with van der Waals surface area (Å²) in [5.41, 5.74) is 1.33. The second kappa shape index (κ2) is 9.27. The number of ether oxygens (including phenoxy) is 1. The standard InChI is InChI=1S/C19H25N5O3/c1-27-18(25)7-11-23(14-15-4-9-20-10-5-15)19(26)17-6-12-24(22-17)16-3-2-8-21-13-16/h4-6,9-10,12,16,21H,2-3,7-8,11,13-14H2,1H3. The fraction of sp³-hybridized carbons (Fsp3) is 0.474. The number of pyridine rings is 1. The highest BCUT2D eigenvalue weighted by Crippen LogP contribution is 2.17. The van der Waals surface area contributed by atoms with Gasteiger partial charge in [-0.1, -0.05) is 0 Å². The number of rotatable bonds is 7. The number of nitrogens with zero attached hydrogens (tertiary/aromatic N) is 4. The molecule has 0 bridgehead atoms. The van der Waals surface area contributed by atoms with Gasteiger partial charge in [-0.3, -0.25) is 19.3 Å². The molecule has 1 amide bonds. The maximum absolute atomic E-state index is 13.0. The van der Waals surface area contributed by atoms with Crippen LogP contribution in [0.2, 0.25) is 0 Å². The first-order valence-corrected chi connectivity index (χ1v) is 9.18. The van der Waals surface area contributed by atoms with Crippen molar-refractivity contribution in [3.63, 3.8) is 0 Å². The van der Waals surface area contributed by atoms with Gasteiger partial charge in [0.2, 0.25) is 0 Å². The SMILES string of the molecule is COC(=O)CCN(Cc1ccncc1)C(=O)c1ccn(C2CCCNC2)n1. The molecule has 144 valence electrons. The molecule has 2 aromatic heterocycles. The van der Waals surface area contributed by atoms with Crippen molar-refractivity contribution in [3.05, 3.63) is 48.0 Å². The Kier molecular flexibility index (Phi) is 6.54. The minimum Gasteiger partial charge on any atom is -0.469 e. The van der Waals surface area contributed by atoms with Crippen LogP contribution in [0.1, 0.15) is 41.4 Å². The zero-order chi connectivity index (χ0) is 19.1. The van der Waals surface area contributed by atoms with Crippen LogP contribution in [-0.2, 0) is 16.1 Å². The normalized spacial score (nSPS) is 16.7. The van der Waals surface area contributed by atoms with Crippen LogP contribution in [-0.4, -0.2) is 58.3 Å². The van der Waals surface area contributed by atoms with Crippen molar-refractivity contribution in [2.24, 2.45) is 0 Å². The smallest absolute Gasteiger partial charge is 0.307 e. The Morgan fingerprint density at radius 3 is 2.85 bits per heavy atom. The summed E-state index contributed by atoms with van der Waals surface area (Å²) in [6, 6.07) is 5.72. The Hall–Kier alpha value is -2.74. The van der Waals surface area contributed by atoms with E-state index in [0.29, 0.717) is 12.2 Å². The Bertz CT molecular complexity index is 756. The predicted octanol–water partition coefficient (Wildman–Crippen LogP) is 1.41. The maximum Gasteiger partial charge on any atom is 0.307 e. The second-order valence-corrected chi connectivity index (χ2v) is 6.59. The molecule has 1 unspecified atom stereocenters. The van der Waals surface area contributed by atoms with Crippen LogP contribution < -0.4 is 5.32 Å². The van der Waals surface area contributed by atoms with E-state index in [4.69, 9.17) is 4.74 Å². The summed E-state index contributed by atoms with van der Waals surface area (Å²) in [5.74, 6) is -0.542. The summed E-state index contributed by atoms with van der Waals surface area (Å²) >= 11 is 0. The summed E-state index contributed by atoms with van der Waals surface area (Å²) in [7, 11) is 1.34. The number of amides is 1. The van der Waals surface area contributed by atoms with Gasteiger partial charge in [0.05, 0.1) is 19.6 Å². The molecule has 8 heteroatoms. The molecule has 2 aromatic rings. The first-order valence-electron chi connectivity index (χ1n) is 9.18. The molecule has 1 atom stereocenters. The average Bonchev–Trinajstić information content (AvgIpc) is 3.22. The van der Waals surface area contributed by atoms with Crippen LogP contribution in [0.4, 0.5) is 0 Å². The van der Waals surface area contributed by atoms with Gasteiger partial charge in [0.1, 0.15) is 5.69 Å². The molecule has 3 rings (SSSR count). The van der Waals surface area contributed by atoms with Crippen molar-refractivity contribution in [1.29, 1.82) is 0 Å². The van der Waals surface area contributed by atoms with Gasteiger partial charge in [-0.2, -0.15) is 5.10 Å². The minimum absolute atomic E-state index is 0.139. The van der Waals surface area contributed by atoms with Crippen LogP contribution in [0.3, 0.4) is 0 Å². The van der Waals surface area contributed by atoms with Crippen LogP contribution in [0.5, 0.6) is 0 Å². The number of esters is 1. The number of piperidine rings is 1. The number of carbonyl (C=O) groups is 2. The van der Waals surface area contributed by atoms with Crippen molar-refractivity contribution in [2.75, 3.05) is 26.7 Å². The van der Waals surface area contributed by atoms with Crippen molar-refractivity contribution < 1.29 is 14.3 Å². The summed E-state index contributed by atoms with van der Waals surface area (Å²) in [6.07, 6.45) is 7.51. The van der Waals surface area contributed by atoms with E-state index in [1.165, 1.54) is 7.11 Å². The number of nitrogens with one attached hydrogen (secondary N) is 1. The monoisotopic (exact) mass is 371 g/mol. The van der Waals surface area contributed by atoms with E-state index in [1.54, 1.807) is 23.4 Å². The van der Waals surface area contributed by atoms with Gasteiger partial charge in [0, 0.05) is 38.2 Å². The second-order valence-electron chi connectivity index (χ2n) is 6.59. The Morgan fingerprint density at radius 1 is 1.33 bits per heavy atom. The summed E-state index contributed by atoms with van der Waals surface area (Å²) in [6.45, 7) is 2.54. The molecule has 8 nitrogen and oxygen atoms in total. The average molecular weight is 371 g/mol. The van der Waals surface area contributed by atoms with E-state index in [2.05, 4.69) is 15.4 Å². The highest BCUT2D eigenvalue weighted by molar-refractivity contribution is 5.92. The summed E-state index contributed by atoms with van der Waals surface area (Å²) in [5, 5.41) is 7.85. The zero-order valence-corrected chi connectivity index (χ0v) is 15.5. The molecular weight excluding hydrogens is 346 g/mol. The van der Waals surface area contributed by atoms with Crippen LogP contribution >= 0.6 is 0 Å². The molecule has 1 aliphatic rings. The number of hydrogen-bond acceptors (Lipinski definition) is 6. The highest BCUT2D eigenvalue weighted by atomic mass is 16.5. The van der Waals surface area contributed by atoms with E-state index in [1.807, 2.05) is 23.0 Å². The van der Waals surface area contributed by atoms with E-state index < -0.39 is 0 Å². The Labute approximate surface area is 158 Å². The molecule has 0 aromatic carbocycles. The third-order valence-electron chi connectivity index (χ3n) is 4.70. The number of methoxy groups -OCH3 is 1. The maximum atomic E-state index is 13.0. The lowest BCUT2D eigenvalue weighted by atomic mass is 10.1. The van der Waals surface area contributed by atoms with Gasteiger partial charge < -0.3 is 15.0 Å². The molecular formula is C19H25N5O3. The molecule has 0 saturated carbocycles.